The van der Waals surface area contributed by atoms with E-state index in [0.717, 1.165) is 42.4 Å². The second kappa shape index (κ2) is 12.9. The van der Waals surface area contributed by atoms with Crippen molar-refractivity contribution in [1.82, 2.24) is 10.2 Å². The van der Waals surface area contributed by atoms with Crippen molar-refractivity contribution in [3.8, 4) is 5.75 Å². The standard InChI is InChI=1S/C34H47N3O5S/c1-5-6-15-35-33(39)24(2)36(22-25-7-13-31(42-3)14-8-25)32(38)23-37(43(4,40)41)30-11-9-29(10-12-30)34-19-26-16-27(20-34)18-28(17-26)21-34/h7-14,24,26-28H,5-6,15-23H2,1-4H3,(H,35,39). The average molecular weight is 610 g/mol. The van der Waals surface area contributed by atoms with Crippen LogP contribution >= 0.6 is 0 Å². The summed E-state index contributed by atoms with van der Waals surface area (Å²) in [6, 6.07) is 14.4. The summed E-state index contributed by atoms with van der Waals surface area (Å²) in [5.74, 6) is 2.43. The molecule has 234 valence electrons. The number of nitrogens with one attached hydrogen (secondary N) is 1. The fraction of sp³-hybridized carbons (Fsp3) is 0.588. The Balaban J connectivity index is 1.36. The lowest BCUT2D eigenvalue weighted by molar-refractivity contribution is -0.139. The molecule has 4 aliphatic rings. The maximum absolute atomic E-state index is 13.9. The van der Waals surface area contributed by atoms with E-state index < -0.39 is 28.5 Å². The lowest BCUT2D eigenvalue weighted by Crippen LogP contribution is -2.51. The van der Waals surface area contributed by atoms with E-state index in [-0.39, 0.29) is 17.9 Å². The number of methoxy groups -OCH3 is 1. The van der Waals surface area contributed by atoms with Crippen LogP contribution in [-0.2, 0) is 31.6 Å². The molecule has 0 heterocycles. The van der Waals surface area contributed by atoms with Gasteiger partial charge in [0.05, 0.1) is 19.1 Å². The molecule has 2 aromatic rings. The highest BCUT2D eigenvalue weighted by Crippen LogP contribution is 2.60. The van der Waals surface area contributed by atoms with Gasteiger partial charge < -0.3 is 15.0 Å². The molecular weight excluding hydrogens is 562 g/mol. The van der Waals surface area contributed by atoms with Crippen LogP contribution in [0.15, 0.2) is 48.5 Å². The van der Waals surface area contributed by atoms with E-state index in [1.807, 2.05) is 31.2 Å². The minimum absolute atomic E-state index is 0.160. The predicted octanol–water partition coefficient (Wildman–Crippen LogP) is 5.26. The van der Waals surface area contributed by atoms with Crippen LogP contribution in [0.2, 0.25) is 0 Å². The van der Waals surface area contributed by atoms with Crippen LogP contribution in [0.5, 0.6) is 5.75 Å². The summed E-state index contributed by atoms with van der Waals surface area (Å²) in [5.41, 5.74) is 2.78. The lowest BCUT2D eigenvalue weighted by Gasteiger charge is -2.57. The van der Waals surface area contributed by atoms with Gasteiger partial charge in [0, 0.05) is 13.1 Å². The molecule has 1 unspecified atom stereocenters. The fourth-order valence-corrected chi connectivity index (χ4v) is 8.96. The van der Waals surface area contributed by atoms with Crippen molar-refractivity contribution < 1.29 is 22.7 Å². The van der Waals surface area contributed by atoms with E-state index in [0.29, 0.717) is 18.0 Å². The van der Waals surface area contributed by atoms with Crippen LogP contribution < -0.4 is 14.4 Å². The van der Waals surface area contributed by atoms with Crippen molar-refractivity contribution in [2.45, 2.75) is 83.2 Å². The normalized spacial score (nSPS) is 24.8. The van der Waals surface area contributed by atoms with Gasteiger partial charge in [-0.05, 0) is 110 Å². The Kier molecular flexibility index (Phi) is 9.40. The largest absolute Gasteiger partial charge is 0.497 e. The van der Waals surface area contributed by atoms with Crippen LogP contribution in [-0.4, -0.2) is 57.6 Å². The van der Waals surface area contributed by atoms with Gasteiger partial charge in [0.1, 0.15) is 18.3 Å². The van der Waals surface area contributed by atoms with Crippen molar-refractivity contribution in [1.29, 1.82) is 0 Å². The first kappa shape index (κ1) is 31.4. The number of ether oxygens (including phenoxy) is 1. The molecule has 0 aromatic heterocycles. The van der Waals surface area contributed by atoms with E-state index in [4.69, 9.17) is 4.74 Å². The molecular formula is C34H47N3O5S. The molecule has 2 amide bonds. The molecule has 2 aromatic carbocycles. The SMILES string of the molecule is CCCCNC(=O)C(C)N(Cc1ccc(OC)cc1)C(=O)CN(c1ccc(C23CC4CC(CC(C4)C2)C3)cc1)S(C)(=O)=O. The molecule has 0 saturated heterocycles. The zero-order chi connectivity index (χ0) is 30.8. The summed E-state index contributed by atoms with van der Waals surface area (Å²) in [5, 5.41) is 2.91. The summed E-state index contributed by atoms with van der Waals surface area (Å²) in [6.07, 6.45) is 10.7. The molecule has 8 nitrogen and oxygen atoms in total. The molecule has 0 radical (unpaired) electrons. The first-order valence-electron chi connectivity index (χ1n) is 15.8. The number of unbranched alkanes of at least 4 members (excludes halogenated alkanes) is 1. The maximum Gasteiger partial charge on any atom is 0.244 e. The number of carbonyl (C=O) groups excluding carboxylic acids is 2. The molecule has 0 spiro atoms. The van der Waals surface area contributed by atoms with E-state index in [1.54, 1.807) is 26.2 Å². The molecule has 6 rings (SSSR count). The maximum atomic E-state index is 13.9. The van der Waals surface area contributed by atoms with E-state index in [9.17, 15) is 18.0 Å². The van der Waals surface area contributed by atoms with Gasteiger partial charge in [-0.1, -0.05) is 37.6 Å². The lowest BCUT2D eigenvalue weighted by atomic mass is 9.48. The Bertz CT molecular complexity index is 1350. The second-order valence-electron chi connectivity index (χ2n) is 13.2. The third kappa shape index (κ3) is 7.03. The number of hydrogen-bond donors (Lipinski definition) is 1. The van der Waals surface area contributed by atoms with Gasteiger partial charge in [-0.15, -0.1) is 0 Å². The van der Waals surface area contributed by atoms with Crippen molar-refractivity contribution in [2.75, 3.05) is 30.8 Å². The Hall–Kier alpha value is -3.07. The quantitative estimate of drug-likeness (QED) is 0.313. The minimum atomic E-state index is -3.78. The minimum Gasteiger partial charge on any atom is -0.497 e. The van der Waals surface area contributed by atoms with Crippen molar-refractivity contribution in [3.05, 3.63) is 59.7 Å². The zero-order valence-electron chi connectivity index (χ0n) is 26.1. The molecule has 1 N–H and O–H groups in total. The topological polar surface area (TPSA) is 96.0 Å². The summed E-state index contributed by atoms with van der Waals surface area (Å²) in [6.45, 7) is 4.03. The number of sulfonamides is 1. The average Bonchev–Trinajstić information content (AvgIpc) is 2.97. The predicted molar refractivity (Wildman–Crippen MR) is 169 cm³/mol. The van der Waals surface area contributed by atoms with Crippen LogP contribution in [0.3, 0.4) is 0 Å². The van der Waals surface area contributed by atoms with Gasteiger partial charge in [-0.25, -0.2) is 8.42 Å². The van der Waals surface area contributed by atoms with Crippen LogP contribution in [0.1, 0.15) is 76.3 Å². The Morgan fingerprint density at radius 3 is 2.07 bits per heavy atom. The first-order chi connectivity index (χ1) is 20.5. The van der Waals surface area contributed by atoms with Gasteiger partial charge in [-0.2, -0.15) is 0 Å². The van der Waals surface area contributed by atoms with Crippen molar-refractivity contribution in [3.63, 3.8) is 0 Å². The Labute approximate surface area is 257 Å². The van der Waals surface area contributed by atoms with Gasteiger partial charge >= 0.3 is 0 Å². The summed E-state index contributed by atoms with van der Waals surface area (Å²) in [7, 11) is -2.19. The molecule has 0 aliphatic heterocycles. The number of rotatable bonds is 13. The highest BCUT2D eigenvalue weighted by atomic mass is 32.2. The molecule has 1 atom stereocenters. The highest BCUT2D eigenvalue weighted by molar-refractivity contribution is 7.92. The fourth-order valence-electron chi connectivity index (χ4n) is 8.11. The number of benzene rings is 2. The van der Waals surface area contributed by atoms with Crippen LogP contribution in [0.4, 0.5) is 5.69 Å². The summed E-state index contributed by atoms with van der Waals surface area (Å²) < 4.78 is 32.6. The van der Waals surface area contributed by atoms with E-state index in [2.05, 4.69) is 17.4 Å². The van der Waals surface area contributed by atoms with Gasteiger partial charge in [0.2, 0.25) is 21.8 Å². The smallest absolute Gasteiger partial charge is 0.244 e. The third-order valence-electron chi connectivity index (χ3n) is 9.99. The van der Waals surface area contributed by atoms with Gasteiger partial charge in [0.15, 0.2) is 0 Å². The molecule has 4 aliphatic carbocycles. The van der Waals surface area contributed by atoms with Crippen LogP contribution in [0.25, 0.3) is 0 Å². The zero-order valence-corrected chi connectivity index (χ0v) is 26.9. The van der Waals surface area contributed by atoms with Crippen molar-refractivity contribution >= 4 is 27.5 Å². The van der Waals surface area contributed by atoms with Crippen molar-refractivity contribution in [2.24, 2.45) is 17.8 Å². The second-order valence-corrected chi connectivity index (χ2v) is 15.1. The Morgan fingerprint density at radius 1 is 0.977 bits per heavy atom. The summed E-state index contributed by atoms with van der Waals surface area (Å²) in [4.78, 5) is 28.4. The number of hydrogen-bond acceptors (Lipinski definition) is 5. The number of anilines is 1. The molecule has 4 bridgehead atoms. The summed E-state index contributed by atoms with van der Waals surface area (Å²) >= 11 is 0. The number of nitrogens with zero attached hydrogens (tertiary/aromatic N) is 2. The third-order valence-corrected chi connectivity index (χ3v) is 11.1. The van der Waals surface area contributed by atoms with Crippen LogP contribution in [0, 0.1) is 17.8 Å². The molecule has 9 heteroatoms. The van der Waals surface area contributed by atoms with Gasteiger partial charge in [0.25, 0.3) is 0 Å². The Morgan fingerprint density at radius 2 is 1.56 bits per heavy atom. The highest BCUT2D eigenvalue weighted by Gasteiger charge is 2.51. The number of carbonyl (C=O) groups is 2. The molecule has 4 saturated carbocycles. The van der Waals surface area contributed by atoms with E-state index >= 15 is 0 Å². The monoisotopic (exact) mass is 609 g/mol. The van der Waals surface area contributed by atoms with Gasteiger partial charge in [-0.3, -0.25) is 13.9 Å². The molecule has 43 heavy (non-hydrogen) atoms. The number of amides is 2. The first-order valence-corrected chi connectivity index (χ1v) is 17.6. The molecule has 4 fully saturated rings. The van der Waals surface area contributed by atoms with E-state index in [1.165, 1.54) is 53.3 Å².